The van der Waals surface area contributed by atoms with Crippen molar-refractivity contribution in [3.05, 3.63) is 41.6 Å². The molecule has 1 heterocycles. The summed E-state index contributed by atoms with van der Waals surface area (Å²) in [4.78, 5) is 14.0. The molecular weight excluding hydrogens is 222 g/mol. The van der Waals surface area contributed by atoms with Crippen molar-refractivity contribution in [1.29, 1.82) is 0 Å². The van der Waals surface area contributed by atoms with Gasteiger partial charge in [0.15, 0.2) is 0 Å². The molecular formula is C12H11NO2S. The first-order valence-corrected chi connectivity index (χ1v) is 5.48. The Balaban J connectivity index is 2.69. The number of para-hydroxylation sites is 1. The van der Waals surface area contributed by atoms with Crippen molar-refractivity contribution in [2.45, 2.75) is 0 Å². The van der Waals surface area contributed by atoms with Gasteiger partial charge in [0.1, 0.15) is 5.69 Å². The van der Waals surface area contributed by atoms with E-state index >= 15 is 0 Å². The molecule has 0 atom stereocenters. The number of rotatable bonds is 3. The minimum absolute atomic E-state index is 0.222. The molecule has 82 valence electrons. The van der Waals surface area contributed by atoms with Crippen LogP contribution in [0.2, 0.25) is 0 Å². The van der Waals surface area contributed by atoms with E-state index in [-0.39, 0.29) is 5.69 Å². The molecule has 0 aliphatic rings. The molecule has 2 N–H and O–H groups in total. The van der Waals surface area contributed by atoms with E-state index in [9.17, 15) is 4.79 Å². The fourth-order valence-corrected chi connectivity index (χ4v) is 1.78. The first-order chi connectivity index (χ1) is 7.74. The minimum Gasteiger partial charge on any atom is -0.477 e. The van der Waals surface area contributed by atoms with Gasteiger partial charge in [0.05, 0.1) is 0 Å². The van der Waals surface area contributed by atoms with Crippen molar-refractivity contribution >= 4 is 35.6 Å². The summed E-state index contributed by atoms with van der Waals surface area (Å²) in [6.45, 7) is 0. The third-order valence-electron chi connectivity index (χ3n) is 2.35. The first-order valence-electron chi connectivity index (χ1n) is 4.85. The second-order valence-electron chi connectivity index (χ2n) is 3.35. The molecule has 0 amide bonds. The highest BCUT2D eigenvalue weighted by Gasteiger charge is 2.13. The van der Waals surface area contributed by atoms with Crippen molar-refractivity contribution in [2.24, 2.45) is 0 Å². The zero-order chi connectivity index (χ0) is 11.5. The van der Waals surface area contributed by atoms with Crippen molar-refractivity contribution in [2.75, 3.05) is 5.75 Å². The standard InChI is InChI=1S/C12H11NO2S/c14-12(15)11-9(5-3-7-16)8-4-1-2-6-10(8)13-11/h1-6,13,16H,7H2,(H,14,15). The van der Waals surface area contributed by atoms with Crippen LogP contribution in [0.3, 0.4) is 0 Å². The quantitative estimate of drug-likeness (QED) is 0.714. The second-order valence-corrected chi connectivity index (χ2v) is 3.71. The number of carboxylic acid groups (broad SMARTS) is 1. The number of carboxylic acids is 1. The van der Waals surface area contributed by atoms with Crippen molar-refractivity contribution < 1.29 is 9.90 Å². The van der Waals surface area contributed by atoms with Crippen LogP contribution in [0.25, 0.3) is 17.0 Å². The predicted octanol–water partition coefficient (Wildman–Crippen LogP) is 2.81. The maximum Gasteiger partial charge on any atom is 0.352 e. The average Bonchev–Trinajstić information content (AvgIpc) is 2.65. The van der Waals surface area contributed by atoms with E-state index in [2.05, 4.69) is 17.6 Å². The number of hydrogen-bond donors (Lipinski definition) is 3. The summed E-state index contributed by atoms with van der Waals surface area (Å²) in [6, 6.07) is 7.52. The van der Waals surface area contributed by atoms with Crippen LogP contribution in [0.15, 0.2) is 30.3 Å². The third kappa shape index (κ3) is 1.84. The van der Waals surface area contributed by atoms with Gasteiger partial charge in [-0.2, -0.15) is 12.6 Å². The lowest BCUT2D eigenvalue weighted by Gasteiger charge is -1.93. The van der Waals surface area contributed by atoms with Gasteiger partial charge in [-0.1, -0.05) is 30.4 Å². The fraction of sp³-hybridized carbons (Fsp3) is 0.0833. The van der Waals surface area contributed by atoms with E-state index in [1.54, 1.807) is 6.08 Å². The number of fused-ring (bicyclic) bond motifs is 1. The molecule has 0 spiro atoms. The number of aromatic carboxylic acids is 1. The number of aromatic nitrogens is 1. The highest BCUT2D eigenvalue weighted by atomic mass is 32.1. The number of H-pyrrole nitrogens is 1. The van der Waals surface area contributed by atoms with Gasteiger partial charge in [-0.05, 0) is 6.07 Å². The molecule has 0 aliphatic carbocycles. The Morgan fingerprint density at radius 3 is 2.88 bits per heavy atom. The SMILES string of the molecule is O=C(O)c1[nH]c2ccccc2c1C=CCS. The van der Waals surface area contributed by atoms with E-state index in [1.165, 1.54) is 0 Å². The van der Waals surface area contributed by atoms with E-state index < -0.39 is 5.97 Å². The van der Waals surface area contributed by atoms with Crippen LogP contribution in [0, 0.1) is 0 Å². The number of thiol groups is 1. The average molecular weight is 233 g/mol. The van der Waals surface area contributed by atoms with Gasteiger partial charge < -0.3 is 10.1 Å². The summed E-state index contributed by atoms with van der Waals surface area (Å²) < 4.78 is 0. The number of benzene rings is 1. The Bertz CT molecular complexity index is 557. The summed E-state index contributed by atoms with van der Waals surface area (Å²) in [6.07, 6.45) is 3.61. The predicted molar refractivity (Wildman–Crippen MR) is 68.1 cm³/mol. The Labute approximate surface area is 98.2 Å². The second kappa shape index (κ2) is 4.45. The highest BCUT2D eigenvalue weighted by molar-refractivity contribution is 7.80. The molecule has 0 saturated carbocycles. The molecule has 0 fully saturated rings. The van der Waals surface area contributed by atoms with Gasteiger partial charge >= 0.3 is 5.97 Å². The molecule has 1 aromatic heterocycles. The van der Waals surface area contributed by atoms with Crippen molar-refractivity contribution in [3.63, 3.8) is 0 Å². The van der Waals surface area contributed by atoms with Gasteiger partial charge in [0.2, 0.25) is 0 Å². The zero-order valence-corrected chi connectivity index (χ0v) is 9.37. The summed E-state index contributed by atoms with van der Waals surface area (Å²) in [5, 5.41) is 10.00. The van der Waals surface area contributed by atoms with Crippen LogP contribution in [0.4, 0.5) is 0 Å². The van der Waals surface area contributed by atoms with Crippen LogP contribution < -0.4 is 0 Å². The van der Waals surface area contributed by atoms with Gasteiger partial charge in [-0.25, -0.2) is 4.79 Å². The van der Waals surface area contributed by atoms with Crippen LogP contribution in [-0.4, -0.2) is 21.8 Å². The molecule has 2 aromatic rings. The normalized spacial score (nSPS) is 11.3. The van der Waals surface area contributed by atoms with Gasteiger partial charge in [0, 0.05) is 22.2 Å². The van der Waals surface area contributed by atoms with Gasteiger partial charge in [-0.3, -0.25) is 0 Å². The summed E-state index contributed by atoms with van der Waals surface area (Å²) in [5.74, 6) is -0.367. The maximum atomic E-state index is 11.1. The molecule has 0 radical (unpaired) electrons. The number of carbonyl (C=O) groups is 1. The van der Waals surface area contributed by atoms with Crippen LogP contribution in [0.5, 0.6) is 0 Å². The fourth-order valence-electron chi connectivity index (χ4n) is 1.68. The van der Waals surface area contributed by atoms with Crippen LogP contribution in [-0.2, 0) is 0 Å². The lowest BCUT2D eigenvalue weighted by molar-refractivity contribution is 0.0691. The molecule has 4 heteroatoms. The Morgan fingerprint density at radius 2 is 2.19 bits per heavy atom. The maximum absolute atomic E-state index is 11.1. The van der Waals surface area contributed by atoms with E-state index in [0.29, 0.717) is 11.3 Å². The summed E-state index contributed by atoms with van der Waals surface area (Å²) in [7, 11) is 0. The van der Waals surface area contributed by atoms with E-state index in [1.807, 2.05) is 30.3 Å². The van der Waals surface area contributed by atoms with Gasteiger partial charge in [0.25, 0.3) is 0 Å². The largest absolute Gasteiger partial charge is 0.477 e. The Kier molecular flexibility index (Phi) is 3.01. The topological polar surface area (TPSA) is 53.1 Å². The highest BCUT2D eigenvalue weighted by Crippen LogP contribution is 2.23. The van der Waals surface area contributed by atoms with Crippen molar-refractivity contribution in [1.82, 2.24) is 4.98 Å². The Hall–Kier alpha value is -1.68. The lowest BCUT2D eigenvalue weighted by atomic mass is 10.1. The van der Waals surface area contributed by atoms with Crippen LogP contribution >= 0.6 is 12.6 Å². The smallest absolute Gasteiger partial charge is 0.352 e. The molecule has 1 aromatic carbocycles. The number of aromatic amines is 1. The minimum atomic E-state index is -0.949. The van der Waals surface area contributed by atoms with Crippen LogP contribution in [0.1, 0.15) is 16.1 Å². The van der Waals surface area contributed by atoms with E-state index in [4.69, 9.17) is 5.11 Å². The first kappa shape index (κ1) is 10.8. The molecule has 16 heavy (non-hydrogen) atoms. The zero-order valence-electron chi connectivity index (χ0n) is 8.47. The van der Waals surface area contributed by atoms with Gasteiger partial charge in [-0.15, -0.1) is 0 Å². The molecule has 3 nitrogen and oxygen atoms in total. The monoisotopic (exact) mass is 233 g/mol. The number of nitrogens with one attached hydrogen (secondary N) is 1. The number of hydrogen-bond acceptors (Lipinski definition) is 2. The summed E-state index contributed by atoms with van der Waals surface area (Å²) >= 11 is 4.07. The van der Waals surface area contributed by atoms with Crippen molar-refractivity contribution in [3.8, 4) is 0 Å². The molecule has 0 saturated heterocycles. The molecule has 0 bridgehead atoms. The van der Waals surface area contributed by atoms with E-state index in [0.717, 1.165) is 10.9 Å². The Morgan fingerprint density at radius 1 is 1.44 bits per heavy atom. The molecule has 0 unspecified atom stereocenters. The molecule has 0 aliphatic heterocycles. The molecule has 2 rings (SSSR count). The lowest BCUT2D eigenvalue weighted by Crippen LogP contribution is -1.98. The third-order valence-corrected chi connectivity index (χ3v) is 2.56. The summed E-state index contributed by atoms with van der Waals surface area (Å²) in [5.41, 5.74) is 1.76.